The van der Waals surface area contributed by atoms with E-state index in [2.05, 4.69) is 4.98 Å². The standard InChI is InChI=1S/C18H24N4O7S/c1-10-4-11(2)6-20(5-10)13(23)8-21-7-12(9-30(3,28)29)22-16(25)15(24)14(17(26)27)19-18(21)22/h7,10-11,24H,4-6,8-9H2,1-3H3,(H,26,27). The fourth-order valence-corrected chi connectivity index (χ4v) is 4.74. The molecular weight excluding hydrogens is 416 g/mol. The Balaban J connectivity index is 2.10. The van der Waals surface area contributed by atoms with Gasteiger partial charge in [0.1, 0.15) is 6.54 Å². The molecule has 1 fully saturated rings. The van der Waals surface area contributed by atoms with Crippen molar-refractivity contribution in [3.63, 3.8) is 0 Å². The van der Waals surface area contributed by atoms with Gasteiger partial charge in [-0.1, -0.05) is 13.8 Å². The van der Waals surface area contributed by atoms with Crippen LogP contribution in [0, 0.1) is 11.8 Å². The molecule has 0 bridgehead atoms. The summed E-state index contributed by atoms with van der Waals surface area (Å²) >= 11 is 0. The number of carbonyl (C=O) groups is 2. The quantitative estimate of drug-likeness (QED) is 0.657. The van der Waals surface area contributed by atoms with Crippen LogP contribution in [0.2, 0.25) is 0 Å². The largest absolute Gasteiger partial charge is 0.501 e. The van der Waals surface area contributed by atoms with Gasteiger partial charge in [0.25, 0.3) is 0 Å². The Morgan fingerprint density at radius 2 is 1.83 bits per heavy atom. The third-order valence-electron chi connectivity index (χ3n) is 5.03. The molecule has 0 radical (unpaired) electrons. The summed E-state index contributed by atoms with van der Waals surface area (Å²) in [6, 6.07) is 0. The van der Waals surface area contributed by atoms with E-state index in [0.717, 1.165) is 17.1 Å². The van der Waals surface area contributed by atoms with E-state index in [1.165, 1.54) is 10.8 Å². The normalized spacial score (nSPS) is 19.9. The van der Waals surface area contributed by atoms with Crippen LogP contribution in [0.1, 0.15) is 36.5 Å². The van der Waals surface area contributed by atoms with Gasteiger partial charge in [-0.3, -0.25) is 9.59 Å². The van der Waals surface area contributed by atoms with Gasteiger partial charge in [-0.25, -0.2) is 22.6 Å². The molecule has 2 aromatic heterocycles. The van der Waals surface area contributed by atoms with Crippen LogP contribution in [-0.4, -0.2) is 68.7 Å². The minimum absolute atomic E-state index is 0.0228. The number of sulfone groups is 1. The van der Waals surface area contributed by atoms with Crippen LogP contribution in [0.5, 0.6) is 5.75 Å². The second kappa shape index (κ2) is 7.74. The number of amides is 1. The summed E-state index contributed by atoms with van der Waals surface area (Å²) in [5.74, 6) is -3.08. The predicted molar refractivity (Wildman–Crippen MR) is 106 cm³/mol. The first kappa shape index (κ1) is 21.8. The second-order valence-corrected chi connectivity index (χ2v) is 10.3. The highest BCUT2D eigenvalue weighted by atomic mass is 32.2. The molecule has 1 aliphatic heterocycles. The highest BCUT2D eigenvalue weighted by Crippen LogP contribution is 2.22. The summed E-state index contributed by atoms with van der Waals surface area (Å²) in [7, 11) is -3.57. The first-order valence-electron chi connectivity index (χ1n) is 9.40. The van der Waals surface area contributed by atoms with E-state index in [1.807, 2.05) is 13.8 Å². The van der Waals surface area contributed by atoms with Crippen molar-refractivity contribution < 1.29 is 28.2 Å². The number of aromatic nitrogens is 3. The molecule has 3 rings (SSSR count). The van der Waals surface area contributed by atoms with Crippen LogP contribution in [0.4, 0.5) is 0 Å². The first-order valence-corrected chi connectivity index (χ1v) is 11.5. The van der Waals surface area contributed by atoms with Crippen LogP contribution in [0.3, 0.4) is 0 Å². The summed E-state index contributed by atoms with van der Waals surface area (Å²) in [5.41, 5.74) is -1.99. The smallest absolute Gasteiger partial charge is 0.358 e. The SMILES string of the molecule is CC1CC(C)CN(C(=O)Cn2cc(CS(C)(=O)=O)n3c(=O)c(O)c(C(=O)O)nc23)C1. The summed E-state index contributed by atoms with van der Waals surface area (Å²) in [6.45, 7) is 5.01. The number of fused-ring (bicyclic) bond motifs is 1. The van der Waals surface area contributed by atoms with Crippen molar-refractivity contribution in [2.45, 2.75) is 32.6 Å². The van der Waals surface area contributed by atoms with Gasteiger partial charge in [-0.05, 0) is 18.3 Å². The minimum atomic E-state index is -3.57. The molecule has 12 heteroatoms. The van der Waals surface area contributed by atoms with Gasteiger partial charge in [0.2, 0.25) is 17.4 Å². The number of nitrogens with zero attached hydrogens (tertiary/aromatic N) is 4. The van der Waals surface area contributed by atoms with Crippen molar-refractivity contribution in [2.24, 2.45) is 11.8 Å². The Kier molecular flexibility index (Phi) is 5.63. The molecule has 2 aromatic rings. The number of piperidine rings is 1. The molecule has 30 heavy (non-hydrogen) atoms. The van der Waals surface area contributed by atoms with Gasteiger partial charge < -0.3 is 19.7 Å². The number of hydrogen-bond acceptors (Lipinski definition) is 7. The van der Waals surface area contributed by atoms with Gasteiger partial charge in [0.05, 0.1) is 11.4 Å². The Morgan fingerprint density at radius 1 is 1.23 bits per heavy atom. The number of aromatic hydroxyl groups is 1. The van der Waals surface area contributed by atoms with Crippen LogP contribution in [0.15, 0.2) is 11.0 Å². The van der Waals surface area contributed by atoms with Crippen LogP contribution in [-0.2, 0) is 26.9 Å². The van der Waals surface area contributed by atoms with Crippen molar-refractivity contribution in [2.75, 3.05) is 19.3 Å². The van der Waals surface area contributed by atoms with E-state index in [0.29, 0.717) is 24.9 Å². The van der Waals surface area contributed by atoms with Gasteiger partial charge in [0.15, 0.2) is 15.5 Å². The molecule has 2 N–H and O–H groups in total. The Hall–Kier alpha value is -2.89. The molecule has 11 nitrogen and oxygen atoms in total. The lowest BCUT2D eigenvalue weighted by molar-refractivity contribution is -0.134. The number of aromatic carboxylic acids is 1. The summed E-state index contributed by atoms with van der Waals surface area (Å²) < 4.78 is 25.7. The molecule has 1 saturated heterocycles. The van der Waals surface area contributed by atoms with E-state index in [1.54, 1.807) is 4.90 Å². The summed E-state index contributed by atoms with van der Waals surface area (Å²) in [6.07, 6.45) is 3.26. The van der Waals surface area contributed by atoms with Gasteiger partial charge >= 0.3 is 11.5 Å². The maximum Gasteiger partial charge on any atom is 0.358 e. The molecule has 164 valence electrons. The number of likely N-dealkylation sites (tertiary alicyclic amines) is 1. The third-order valence-corrected chi connectivity index (χ3v) is 5.85. The number of carbonyl (C=O) groups excluding carboxylic acids is 1. The Labute approximate surface area is 172 Å². The predicted octanol–water partition coefficient (Wildman–Crippen LogP) is -0.0511. The van der Waals surface area contributed by atoms with Crippen molar-refractivity contribution in [1.82, 2.24) is 18.9 Å². The Bertz CT molecular complexity index is 1170. The molecule has 3 heterocycles. The number of carboxylic acid groups (broad SMARTS) is 1. The van der Waals surface area contributed by atoms with Crippen LogP contribution in [0.25, 0.3) is 5.78 Å². The van der Waals surface area contributed by atoms with Crippen molar-refractivity contribution in [3.05, 3.63) is 27.9 Å². The molecule has 1 aliphatic rings. The topological polar surface area (TPSA) is 151 Å². The maximum atomic E-state index is 12.9. The van der Waals surface area contributed by atoms with E-state index in [4.69, 9.17) is 0 Å². The number of imidazole rings is 1. The van der Waals surface area contributed by atoms with Crippen LogP contribution < -0.4 is 5.56 Å². The average molecular weight is 440 g/mol. The van der Waals surface area contributed by atoms with Crippen LogP contribution >= 0.6 is 0 Å². The zero-order valence-electron chi connectivity index (χ0n) is 16.9. The molecule has 0 aliphatic carbocycles. The molecule has 0 aromatic carbocycles. The minimum Gasteiger partial charge on any atom is -0.501 e. The fraction of sp³-hybridized carbons (Fsp3) is 0.556. The number of hydrogen-bond donors (Lipinski definition) is 2. The van der Waals surface area contributed by atoms with E-state index in [-0.39, 0.29) is 23.9 Å². The molecule has 2 atom stereocenters. The number of rotatable bonds is 5. The van der Waals surface area contributed by atoms with E-state index >= 15 is 0 Å². The lowest BCUT2D eigenvalue weighted by Gasteiger charge is -2.35. The molecular formula is C18H24N4O7S. The molecule has 0 spiro atoms. The molecule has 1 amide bonds. The van der Waals surface area contributed by atoms with E-state index < -0.39 is 38.6 Å². The maximum absolute atomic E-state index is 12.9. The van der Waals surface area contributed by atoms with Crippen molar-refractivity contribution in [3.8, 4) is 5.75 Å². The number of carboxylic acids is 1. The average Bonchev–Trinajstić information content (AvgIpc) is 2.92. The lowest BCUT2D eigenvalue weighted by atomic mass is 9.92. The highest BCUT2D eigenvalue weighted by molar-refractivity contribution is 7.89. The summed E-state index contributed by atoms with van der Waals surface area (Å²) in [4.78, 5) is 42.3. The van der Waals surface area contributed by atoms with Gasteiger partial charge in [0, 0.05) is 25.5 Å². The second-order valence-electron chi connectivity index (χ2n) is 8.12. The van der Waals surface area contributed by atoms with Gasteiger partial charge in [-0.2, -0.15) is 0 Å². The highest BCUT2D eigenvalue weighted by Gasteiger charge is 2.28. The van der Waals surface area contributed by atoms with Crippen molar-refractivity contribution in [1.29, 1.82) is 0 Å². The first-order chi connectivity index (χ1) is 13.9. The third kappa shape index (κ3) is 4.32. The summed E-state index contributed by atoms with van der Waals surface area (Å²) in [5, 5.41) is 19.2. The van der Waals surface area contributed by atoms with E-state index in [9.17, 15) is 33.0 Å². The monoisotopic (exact) mass is 440 g/mol. The zero-order chi connectivity index (χ0) is 22.4. The lowest BCUT2D eigenvalue weighted by Crippen LogP contribution is -2.44. The molecule has 2 unspecified atom stereocenters. The van der Waals surface area contributed by atoms with Crippen molar-refractivity contribution >= 4 is 27.5 Å². The zero-order valence-corrected chi connectivity index (χ0v) is 17.7. The Morgan fingerprint density at radius 3 is 2.37 bits per heavy atom. The fourth-order valence-electron chi connectivity index (χ4n) is 4.00. The molecule has 0 saturated carbocycles. The van der Waals surface area contributed by atoms with Gasteiger partial charge in [-0.15, -0.1) is 0 Å².